The minimum Gasteiger partial charge on any atom is -0.468 e. The Morgan fingerprint density at radius 1 is 1.35 bits per heavy atom. The number of ketones is 1. The number of benzene rings is 1. The van der Waals surface area contributed by atoms with Gasteiger partial charge < -0.3 is 10.1 Å². The molecule has 1 aromatic rings. The van der Waals surface area contributed by atoms with Gasteiger partial charge in [-0.05, 0) is 17.9 Å². The van der Waals surface area contributed by atoms with Gasteiger partial charge in [-0.3, -0.25) is 9.59 Å². The van der Waals surface area contributed by atoms with E-state index in [0.29, 0.717) is 13.0 Å². The smallest absolute Gasteiger partial charge is 0.316 e. The van der Waals surface area contributed by atoms with Crippen molar-refractivity contribution in [2.45, 2.75) is 19.9 Å². The number of carbonyl (C=O) groups is 2. The predicted octanol–water partition coefficient (Wildman–Crippen LogP) is 2.06. The predicted molar refractivity (Wildman–Crippen MR) is 75.7 cm³/mol. The van der Waals surface area contributed by atoms with Gasteiger partial charge in [0.25, 0.3) is 0 Å². The van der Waals surface area contributed by atoms with Crippen LogP contribution in [0.4, 0.5) is 0 Å². The highest BCUT2D eigenvalue weighted by molar-refractivity contribution is 6.06. The summed E-state index contributed by atoms with van der Waals surface area (Å²) >= 11 is 0. The van der Waals surface area contributed by atoms with Crippen molar-refractivity contribution in [1.29, 1.82) is 0 Å². The van der Waals surface area contributed by atoms with E-state index in [9.17, 15) is 9.59 Å². The molecule has 20 heavy (non-hydrogen) atoms. The van der Waals surface area contributed by atoms with E-state index in [1.807, 2.05) is 37.3 Å². The molecule has 0 amide bonds. The average Bonchev–Trinajstić information content (AvgIpc) is 2.45. The first kappa shape index (κ1) is 14.3. The molecule has 1 aliphatic carbocycles. The number of hydrogen-bond donors (Lipinski definition) is 1. The molecule has 1 aliphatic rings. The third-order valence-electron chi connectivity index (χ3n) is 3.55. The molecule has 106 valence electrons. The molecule has 0 radical (unpaired) electrons. The maximum atomic E-state index is 12.0. The SMILES string of the molecule is COC(=O)[C@@H]1C(=O)C=C(NCc2ccccc2)C[C@@H]1C. The third kappa shape index (κ3) is 3.26. The first-order valence-corrected chi connectivity index (χ1v) is 6.72. The van der Waals surface area contributed by atoms with E-state index in [2.05, 4.69) is 10.1 Å². The lowest BCUT2D eigenvalue weighted by molar-refractivity contribution is -0.150. The highest BCUT2D eigenvalue weighted by Gasteiger charge is 2.35. The quantitative estimate of drug-likeness (QED) is 0.674. The molecule has 0 saturated heterocycles. The molecule has 4 heteroatoms. The summed E-state index contributed by atoms with van der Waals surface area (Å²) in [6.45, 7) is 2.58. The van der Waals surface area contributed by atoms with Gasteiger partial charge in [-0.25, -0.2) is 0 Å². The Labute approximate surface area is 118 Å². The van der Waals surface area contributed by atoms with E-state index >= 15 is 0 Å². The van der Waals surface area contributed by atoms with Crippen LogP contribution in [0.3, 0.4) is 0 Å². The van der Waals surface area contributed by atoms with Crippen molar-refractivity contribution in [3.63, 3.8) is 0 Å². The zero-order valence-electron chi connectivity index (χ0n) is 11.8. The van der Waals surface area contributed by atoms with Gasteiger partial charge in [0.1, 0.15) is 5.92 Å². The van der Waals surface area contributed by atoms with Crippen LogP contribution in [0.25, 0.3) is 0 Å². The third-order valence-corrected chi connectivity index (χ3v) is 3.55. The highest BCUT2D eigenvalue weighted by atomic mass is 16.5. The molecule has 0 aromatic heterocycles. The largest absolute Gasteiger partial charge is 0.468 e. The van der Waals surface area contributed by atoms with Crippen LogP contribution >= 0.6 is 0 Å². The van der Waals surface area contributed by atoms with Crippen molar-refractivity contribution >= 4 is 11.8 Å². The van der Waals surface area contributed by atoms with Gasteiger partial charge in [0.2, 0.25) is 0 Å². The van der Waals surface area contributed by atoms with E-state index in [1.165, 1.54) is 13.2 Å². The molecule has 0 saturated carbocycles. The highest BCUT2D eigenvalue weighted by Crippen LogP contribution is 2.27. The molecular weight excluding hydrogens is 254 g/mol. The van der Waals surface area contributed by atoms with E-state index in [4.69, 9.17) is 0 Å². The van der Waals surface area contributed by atoms with Crippen molar-refractivity contribution in [1.82, 2.24) is 5.32 Å². The van der Waals surface area contributed by atoms with Crippen molar-refractivity contribution < 1.29 is 14.3 Å². The fraction of sp³-hybridized carbons (Fsp3) is 0.375. The van der Waals surface area contributed by atoms with Crippen LogP contribution < -0.4 is 5.32 Å². The minimum atomic E-state index is -0.665. The van der Waals surface area contributed by atoms with Gasteiger partial charge in [0.15, 0.2) is 5.78 Å². The van der Waals surface area contributed by atoms with Gasteiger partial charge in [-0.15, -0.1) is 0 Å². The van der Waals surface area contributed by atoms with Crippen LogP contribution in [0.5, 0.6) is 0 Å². The topological polar surface area (TPSA) is 55.4 Å². The van der Waals surface area contributed by atoms with Crippen molar-refractivity contribution in [2.24, 2.45) is 11.8 Å². The molecule has 2 atom stereocenters. The number of ether oxygens (including phenoxy) is 1. The summed E-state index contributed by atoms with van der Waals surface area (Å²) in [5.74, 6) is -1.33. The van der Waals surface area contributed by atoms with Gasteiger partial charge in [0, 0.05) is 18.3 Å². The second-order valence-corrected chi connectivity index (χ2v) is 5.09. The van der Waals surface area contributed by atoms with Crippen LogP contribution in [-0.4, -0.2) is 18.9 Å². The Morgan fingerprint density at radius 2 is 2.05 bits per heavy atom. The van der Waals surface area contributed by atoms with E-state index in [1.54, 1.807) is 0 Å². The lowest BCUT2D eigenvalue weighted by Gasteiger charge is -2.26. The molecule has 1 N–H and O–H groups in total. The molecule has 0 spiro atoms. The van der Waals surface area contributed by atoms with Crippen LogP contribution in [-0.2, 0) is 20.9 Å². The van der Waals surface area contributed by atoms with Crippen molar-refractivity contribution in [3.8, 4) is 0 Å². The van der Waals surface area contributed by atoms with Gasteiger partial charge in [0.05, 0.1) is 7.11 Å². The number of rotatable bonds is 4. The Balaban J connectivity index is 2.01. The summed E-state index contributed by atoms with van der Waals surface area (Å²) in [7, 11) is 1.31. The molecule has 0 bridgehead atoms. The Morgan fingerprint density at radius 3 is 2.65 bits per heavy atom. The number of nitrogens with one attached hydrogen (secondary N) is 1. The summed E-state index contributed by atoms with van der Waals surface area (Å²) in [5, 5.41) is 3.26. The number of hydrogen-bond acceptors (Lipinski definition) is 4. The molecule has 0 unspecified atom stereocenters. The van der Waals surface area contributed by atoms with Crippen LogP contribution in [0.2, 0.25) is 0 Å². The molecular formula is C16H19NO3. The summed E-state index contributed by atoms with van der Waals surface area (Å²) in [5.41, 5.74) is 2.04. The maximum absolute atomic E-state index is 12.0. The van der Waals surface area contributed by atoms with Crippen LogP contribution in [0.15, 0.2) is 42.1 Å². The Hall–Kier alpha value is -2.10. The summed E-state index contributed by atoms with van der Waals surface area (Å²) in [6, 6.07) is 9.98. The Bertz CT molecular complexity index is 522. The molecule has 0 heterocycles. The molecule has 4 nitrogen and oxygen atoms in total. The van der Waals surface area contributed by atoms with Crippen LogP contribution in [0, 0.1) is 11.8 Å². The number of methoxy groups -OCH3 is 1. The lowest BCUT2D eigenvalue weighted by atomic mass is 9.82. The fourth-order valence-corrected chi connectivity index (χ4v) is 2.48. The maximum Gasteiger partial charge on any atom is 0.316 e. The molecule has 0 aliphatic heterocycles. The van der Waals surface area contributed by atoms with Gasteiger partial charge in [-0.1, -0.05) is 37.3 Å². The van der Waals surface area contributed by atoms with Gasteiger partial charge >= 0.3 is 5.97 Å². The Kier molecular flexibility index (Phi) is 4.56. The standard InChI is InChI=1S/C16H19NO3/c1-11-8-13(9-14(18)15(11)16(19)20-2)17-10-12-6-4-3-5-7-12/h3-7,9,11,15,17H,8,10H2,1-2H3/t11-,15-/m0/s1. The number of carbonyl (C=O) groups excluding carboxylic acids is 2. The average molecular weight is 273 g/mol. The summed E-state index contributed by atoms with van der Waals surface area (Å²) in [6.07, 6.45) is 2.21. The number of esters is 1. The van der Waals surface area contributed by atoms with Gasteiger partial charge in [-0.2, -0.15) is 0 Å². The summed E-state index contributed by atoms with van der Waals surface area (Å²) < 4.78 is 4.69. The van der Waals surface area contributed by atoms with Crippen LogP contribution in [0.1, 0.15) is 18.9 Å². The monoisotopic (exact) mass is 273 g/mol. The lowest BCUT2D eigenvalue weighted by Crippen LogP contribution is -2.35. The number of allylic oxidation sites excluding steroid dienone is 2. The fourth-order valence-electron chi connectivity index (χ4n) is 2.48. The molecule has 1 aromatic carbocycles. The molecule has 0 fully saturated rings. The second kappa shape index (κ2) is 6.37. The zero-order valence-corrected chi connectivity index (χ0v) is 11.8. The first-order chi connectivity index (χ1) is 9.61. The molecule has 2 rings (SSSR count). The minimum absolute atomic E-state index is 0.0433. The van der Waals surface area contributed by atoms with Crippen molar-refractivity contribution in [2.75, 3.05) is 7.11 Å². The zero-order chi connectivity index (χ0) is 14.5. The van der Waals surface area contributed by atoms with E-state index in [-0.39, 0.29) is 11.7 Å². The first-order valence-electron chi connectivity index (χ1n) is 6.72. The van der Waals surface area contributed by atoms with Crippen molar-refractivity contribution in [3.05, 3.63) is 47.7 Å². The normalized spacial score (nSPS) is 22.1. The summed E-state index contributed by atoms with van der Waals surface area (Å²) in [4.78, 5) is 23.6. The second-order valence-electron chi connectivity index (χ2n) is 5.09. The van der Waals surface area contributed by atoms with E-state index in [0.717, 1.165) is 11.3 Å². The van der Waals surface area contributed by atoms with E-state index < -0.39 is 11.9 Å².